The maximum atomic E-state index is 12.4. The van der Waals surface area contributed by atoms with Crippen molar-refractivity contribution in [1.29, 1.82) is 0 Å². The average Bonchev–Trinajstić information content (AvgIpc) is 2.81. The Hall–Kier alpha value is -0.570. The van der Waals surface area contributed by atoms with Crippen LogP contribution >= 0.6 is 0 Å². The molecule has 96 valence electrons. The fourth-order valence-corrected chi connectivity index (χ4v) is 4.17. The molecule has 3 nitrogen and oxygen atoms in total. The lowest BCUT2D eigenvalue weighted by molar-refractivity contribution is -0.135. The Morgan fingerprint density at radius 3 is 2.53 bits per heavy atom. The van der Waals surface area contributed by atoms with Crippen LogP contribution in [-0.2, 0) is 4.79 Å². The fourth-order valence-electron chi connectivity index (χ4n) is 4.17. The van der Waals surface area contributed by atoms with E-state index < -0.39 is 0 Å². The van der Waals surface area contributed by atoms with Crippen LogP contribution in [0.1, 0.15) is 32.6 Å². The summed E-state index contributed by atoms with van der Waals surface area (Å²) in [6, 6.07) is 0.595. The largest absolute Gasteiger partial charge is 0.342 e. The summed E-state index contributed by atoms with van der Waals surface area (Å²) in [6.45, 7) is 4.18. The van der Waals surface area contributed by atoms with Crippen LogP contribution in [0, 0.1) is 23.7 Å². The Balaban J connectivity index is 1.57. The van der Waals surface area contributed by atoms with E-state index in [9.17, 15) is 4.79 Å². The summed E-state index contributed by atoms with van der Waals surface area (Å²) >= 11 is 0. The number of carbonyl (C=O) groups is 1. The lowest BCUT2D eigenvalue weighted by Crippen LogP contribution is -2.49. The molecule has 0 bridgehead atoms. The normalized spacial score (nSPS) is 44.6. The first-order valence-electron chi connectivity index (χ1n) is 7.18. The van der Waals surface area contributed by atoms with E-state index in [1.165, 1.54) is 19.3 Å². The monoisotopic (exact) mass is 236 g/mol. The van der Waals surface area contributed by atoms with Gasteiger partial charge in [-0.15, -0.1) is 0 Å². The summed E-state index contributed by atoms with van der Waals surface area (Å²) < 4.78 is 0. The summed E-state index contributed by atoms with van der Waals surface area (Å²) in [4.78, 5) is 14.6. The van der Waals surface area contributed by atoms with Gasteiger partial charge >= 0.3 is 0 Å². The van der Waals surface area contributed by atoms with Gasteiger partial charge < -0.3 is 10.2 Å². The first kappa shape index (κ1) is 11.5. The molecule has 1 saturated heterocycles. The van der Waals surface area contributed by atoms with Crippen LogP contribution in [0.3, 0.4) is 0 Å². The molecule has 1 amide bonds. The van der Waals surface area contributed by atoms with Crippen LogP contribution in [-0.4, -0.2) is 37.0 Å². The van der Waals surface area contributed by atoms with Gasteiger partial charge in [0, 0.05) is 25.0 Å². The zero-order valence-electron chi connectivity index (χ0n) is 11.0. The van der Waals surface area contributed by atoms with Crippen LogP contribution < -0.4 is 5.32 Å². The zero-order chi connectivity index (χ0) is 12.0. The Labute approximate surface area is 104 Å². The third-order valence-electron chi connectivity index (χ3n) is 5.28. The van der Waals surface area contributed by atoms with Gasteiger partial charge in [0.25, 0.3) is 0 Å². The van der Waals surface area contributed by atoms with Gasteiger partial charge in [0.1, 0.15) is 0 Å². The van der Waals surface area contributed by atoms with Crippen molar-refractivity contribution >= 4 is 5.91 Å². The molecule has 1 heterocycles. The van der Waals surface area contributed by atoms with Gasteiger partial charge in [-0.25, -0.2) is 0 Å². The molecule has 2 saturated carbocycles. The van der Waals surface area contributed by atoms with Crippen molar-refractivity contribution in [2.45, 2.75) is 38.6 Å². The highest BCUT2D eigenvalue weighted by Gasteiger charge is 2.57. The first-order valence-corrected chi connectivity index (χ1v) is 7.18. The molecule has 1 aliphatic heterocycles. The Morgan fingerprint density at radius 2 is 1.94 bits per heavy atom. The molecule has 0 spiro atoms. The smallest absolute Gasteiger partial charge is 0.226 e. The molecule has 1 N–H and O–H groups in total. The highest BCUT2D eigenvalue weighted by molar-refractivity contribution is 5.82. The molecule has 4 atom stereocenters. The number of fused-ring (bicyclic) bond motifs is 1. The fraction of sp³-hybridized carbons (Fsp3) is 0.929. The quantitative estimate of drug-likeness (QED) is 0.788. The lowest BCUT2D eigenvalue weighted by Gasteiger charge is -2.37. The minimum absolute atomic E-state index is 0.419. The van der Waals surface area contributed by atoms with Gasteiger partial charge in [-0.1, -0.05) is 13.3 Å². The second kappa shape index (κ2) is 4.27. The Bertz CT molecular complexity index is 307. The van der Waals surface area contributed by atoms with E-state index in [-0.39, 0.29) is 0 Å². The van der Waals surface area contributed by atoms with E-state index in [1.807, 2.05) is 7.05 Å². The second-order valence-electron chi connectivity index (χ2n) is 6.23. The molecule has 0 aromatic carbocycles. The number of rotatable bonds is 2. The zero-order valence-corrected chi connectivity index (χ0v) is 11.0. The summed E-state index contributed by atoms with van der Waals surface area (Å²) in [6.07, 6.45) is 5.09. The van der Waals surface area contributed by atoms with Gasteiger partial charge in [0.15, 0.2) is 0 Å². The van der Waals surface area contributed by atoms with Crippen LogP contribution in [0.25, 0.3) is 0 Å². The predicted octanol–water partition coefficient (Wildman–Crippen LogP) is 1.49. The van der Waals surface area contributed by atoms with Gasteiger partial charge in [-0.3, -0.25) is 4.79 Å². The van der Waals surface area contributed by atoms with Crippen LogP contribution in [0.2, 0.25) is 0 Å². The van der Waals surface area contributed by atoms with Crippen molar-refractivity contribution in [3.8, 4) is 0 Å². The molecule has 4 unspecified atom stereocenters. The molecule has 0 aromatic rings. The number of carbonyl (C=O) groups excluding carboxylic acids is 1. The van der Waals surface area contributed by atoms with Crippen molar-refractivity contribution in [2.24, 2.45) is 23.7 Å². The maximum absolute atomic E-state index is 12.4. The SMILES string of the molecule is CNC1CCN(C(=O)C2C3CCCC32)CC1C. The van der Waals surface area contributed by atoms with Crippen molar-refractivity contribution in [3.63, 3.8) is 0 Å². The highest BCUT2D eigenvalue weighted by atomic mass is 16.2. The third kappa shape index (κ3) is 1.88. The van der Waals surface area contributed by atoms with Gasteiger partial charge in [0.2, 0.25) is 5.91 Å². The van der Waals surface area contributed by atoms with Crippen LogP contribution in [0.4, 0.5) is 0 Å². The van der Waals surface area contributed by atoms with E-state index in [1.54, 1.807) is 0 Å². The number of likely N-dealkylation sites (tertiary alicyclic amines) is 1. The van der Waals surface area contributed by atoms with E-state index in [0.717, 1.165) is 31.3 Å². The van der Waals surface area contributed by atoms with Crippen molar-refractivity contribution in [3.05, 3.63) is 0 Å². The van der Waals surface area contributed by atoms with E-state index in [0.29, 0.717) is 23.8 Å². The summed E-state index contributed by atoms with van der Waals surface area (Å²) in [5, 5.41) is 3.36. The molecule has 3 rings (SSSR count). The van der Waals surface area contributed by atoms with Gasteiger partial charge in [0.05, 0.1) is 0 Å². The molecule has 2 aliphatic carbocycles. The molecule has 3 heteroatoms. The van der Waals surface area contributed by atoms with Gasteiger partial charge in [-0.2, -0.15) is 0 Å². The Morgan fingerprint density at radius 1 is 1.24 bits per heavy atom. The minimum Gasteiger partial charge on any atom is -0.342 e. The number of nitrogens with zero attached hydrogens (tertiary/aromatic N) is 1. The molecule has 17 heavy (non-hydrogen) atoms. The number of piperidine rings is 1. The standard InChI is InChI=1S/C14H24N2O/c1-9-8-16(7-6-12(9)15-2)14(17)13-10-4-3-5-11(10)13/h9-13,15H,3-8H2,1-2H3. The molecule has 0 radical (unpaired) electrons. The second-order valence-corrected chi connectivity index (χ2v) is 6.23. The highest BCUT2D eigenvalue weighted by Crippen LogP contribution is 2.58. The average molecular weight is 236 g/mol. The minimum atomic E-state index is 0.419. The Kier molecular flexibility index (Phi) is 2.89. The van der Waals surface area contributed by atoms with Crippen molar-refractivity contribution in [2.75, 3.05) is 20.1 Å². The summed E-state index contributed by atoms with van der Waals surface area (Å²) in [7, 11) is 2.03. The first-order chi connectivity index (χ1) is 8.22. The molecular weight excluding hydrogens is 212 g/mol. The van der Waals surface area contributed by atoms with E-state index in [4.69, 9.17) is 0 Å². The van der Waals surface area contributed by atoms with E-state index >= 15 is 0 Å². The molecule has 0 aromatic heterocycles. The van der Waals surface area contributed by atoms with Gasteiger partial charge in [-0.05, 0) is 44.1 Å². The molecule has 3 fully saturated rings. The van der Waals surface area contributed by atoms with Crippen LogP contribution in [0.15, 0.2) is 0 Å². The number of nitrogens with one attached hydrogen (secondary N) is 1. The summed E-state index contributed by atoms with van der Waals surface area (Å²) in [5.41, 5.74) is 0. The third-order valence-corrected chi connectivity index (χ3v) is 5.28. The maximum Gasteiger partial charge on any atom is 0.226 e. The molecular formula is C14H24N2O. The number of hydrogen-bond donors (Lipinski definition) is 1. The lowest BCUT2D eigenvalue weighted by atomic mass is 9.93. The van der Waals surface area contributed by atoms with Crippen molar-refractivity contribution < 1.29 is 4.79 Å². The predicted molar refractivity (Wildman–Crippen MR) is 67.5 cm³/mol. The van der Waals surface area contributed by atoms with Crippen LogP contribution in [0.5, 0.6) is 0 Å². The van der Waals surface area contributed by atoms with Crippen molar-refractivity contribution in [1.82, 2.24) is 10.2 Å². The topological polar surface area (TPSA) is 32.3 Å². The van der Waals surface area contributed by atoms with E-state index in [2.05, 4.69) is 17.1 Å². The molecule has 3 aliphatic rings. The summed E-state index contributed by atoms with van der Waals surface area (Å²) in [5.74, 6) is 3.01. The number of hydrogen-bond acceptors (Lipinski definition) is 2. The number of amides is 1.